The van der Waals surface area contributed by atoms with Crippen molar-refractivity contribution >= 4 is 42.4 Å². The molecule has 9 rings (SSSR count). The molecular weight excluding hydrogens is 595 g/mol. The summed E-state index contributed by atoms with van der Waals surface area (Å²) in [4.78, 5) is 24.8. The van der Waals surface area contributed by atoms with E-state index in [2.05, 4.69) is 60.7 Å². The average Bonchev–Trinajstić information content (AvgIpc) is 3.52. The number of fused-ring (bicyclic) bond motifs is 4. The van der Waals surface area contributed by atoms with Crippen molar-refractivity contribution in [2.75, 3.05) is 0 Å². The molecule has 0 radical (unpaired) electrons. The minimum Gasteiger partial charge on any atom is -0.228 e. The van der Waals surface area contributed by atoms with Crippen LogP contribution >= 0.6 is 11.3 Å². The molecule has 220 valence electrons. The molecule has 6 heteroatoms. The van der Waals surface area contributed by atoms with Crippen LogP contribution in [-0.2, 0) is 0 Å². The van der Waals surface area contributed by atoms with E-state index in [1.54, 1.807) is 11.3 Å². The molecule has 0 atom stereocenters. The Morgan fingerprint density at radius 3 is 1.53 bits per heavy atom. The van der Waals surface area contributed by atoms with Crippen LogP contribution in [0, 0.1) is 0 Å². The molecule has 9 aromatic rings. The standard InChI is InChI=1S/C41H25N5S/c1-4-12-26(13-5-1)37-32-18-10-11-19-34(32)42-40(43-37)30-20-22-31-33-24-29(21-23-35(33)47-36(31)25-30)41-45-38(27-14-6-2-7-15-27)44-39(46-41)28-16-8-3-9-17-28/h1-25H. The second-order valence-electron chi connectivity index (χ2n) is 11.3. The van der Waals surface area contributed by atoms with Crippen molar-refractivity contribution < 1.29 is 0 Å². The first kappa shape index (κ1) is 27.2. The van der Waals surface area contributed by atoms with E-state index in [0.717, 1.165) is 50.2 Å². The summed E-state index contributed by atoms with van der Waals surface area (Å²) in [5, 5.41) is 3.39. The van der Waals surface area contributed by atoms with E-state index in [0.29, 0.717) is 17.5 Å². The lowest BCUT2D eigenvalue weighted by molar-refractivity contribution is 1.07. The fraction of sp³-hybridized carbons (Fsp3) is 0. The Kier molecular flexibility index (Phi) is 6.58. The maximum atomic E-state index is 5.09. The molecule has 47 heavy (non-hydrogen) atoms. The van der Waals surface area contributed by atoms with Crippen LogP contribution in [0.2, 0.25) is 0 Å². The molecule has 0 saturated carbocycles. The molecule has 0 amide bonds. The second kappa shape index (κ2) is 11.4. The van der Waals surface area contributed by atoms with Gasteiger partial charge < -0.3 is 0 Å². The van der Waals surface area contributed by atoms with Crippen LogP contribution < -0.4 is 0 Å². The predicted molar refractivity (Wildman–Crippen MR) is 193 cm³/mol. The summed E-state index contributed by atoms with van der Waals surface area (Å²) in [6.45, 7) is 0. The van der Waals surface area contributed by atoms with Crippen LogP contribution in [0.15, 0.2) is 152 Å². The normalized spacial score (nSPS) is 11.4. The van der Waals surface area contributed by atoms with Crippen LogP contribution in [-0.4, -0.2) is 24.9 Å². The molecule has 6 aromatic carbocycles. The van der Waals surface area contributed by atoms with Gasteiger partial charge in [-0.3, -0.25) is 0 Å². The monoisotopic (exact) mass is 619 g/mol. The van der Waals surface area contributed by atoms with Gasteiger partial charge >= 0.3 is 0 Å². The van der Waals surface area contributed by atoms with Gasteiger partial charge in [-0.1, -0.05) is 121 Å². The van der Waals surface area contributed by atoms with E-state index < -0.39 is 0 Å². The lowest BCUT2D eigenvalue weighted by Crippen LogP contribution is -2.00. The molecule has 0 spiro atoms. The fourth-order valence-electron chi connectivity index (χ4n) is 6.01. The Morgan fingerprint density at radius 1 is 0.319 bits per heavy atom. The highest BCUT2D eigenvalue weighted by Gasteiger charge is 2.16. The first-order valence-corrected chi connectivity index (χ1v) is 16.2. The van der Waals surface area contributed by atoms with Crippen molar-refractivity contribution in [2.24, 2.45) is 0 Å². The summed E-state index contributed by atoms with van der Waals surface area (Å²) in [6.07, 6.45) is 0. The molecule has 3 heterocycles. The summed E-state index contributed by atoms with van der Waals surface area (Å²) in [6, 6.07) is 51.7. The van der Waals surface area contributed by atoms with Gasteiger partial charge in [-0.2, -0.15) is 0 Å². The Bertz CT molecular complexity index is 2510. The molecule has 0 unspecified atom stereocenters. The molecule has 0 aliphatic carbocycles. The van der Waals surface area contributed by atoms with Gasteiger partial charge in [0.05, 0.1) is 11.2 Å². The lowest BCUT2D eigenvalue weighted by Gasteiger charge is -2.09. The molecule has 3 aromatic heterocycles. The first-order valence-electron chi connectivity index (χ1n) is 15.4. The van der Waals surface area contributed by atoms with Crippen molar-refractivity contribution in [1.29, 1.82) is 0 Å². The van der Waals surface area contributed by atoms with E-state index in [-0.39, 0.29) is 0 Å². The topological polar surface area (TPSA) is 64.5 Å². The number of benzene rings is 6. The number of rotatable bonds is 5. The minimum atomic E-state index is 0.647. The Morgan fingerprint density at radius 2 is 0.851 bits per heavy atom. The number of nitrogens with zero attached hydrogens (tertiary/aromatic N) is 5. The van der Waals surface area contributed by atoms with Gasteiger partial charge in [-0.25, -0.2) is 24.9 Å². The summed E-state index contributed by atoms with van der Waals surface area (Å²) >= 11 is 1.77. The maximum Gasteiger partial charge on any atom is 0.164 e. The van der Waals surface area contributed by atoms with Gasteiger partial charge in [0.2, 0.25) is 0 Å². The fourth-order valence-corrected chi connectivity index (χ4v) is 7.14. The van der Waals surface area contributed by atoms with Gasteiger partial charge in [0.15, 0.2) is 23.3 Å². The van der Waals surface area contributed by atoms with E-state index in [4.69, 9.17) is 24.9 Å². The largest absolute Gasteiger partial charge is 0.228 e. The first-order chi connectivity index (χ1) is 23.3. The van der Waals surface area contributed by atoms with E-state index >= 15 is 0 Å². The summed E-state index contributed by atoms with van der Waals surface area (Å²) in [7, 11) is 0. The van der Waals surface area contributed by atoms with Crippen LogP contribution in [0.3, 0.4) is 0 Å². The average molecular weight is 620 g/mol. The number of hydrogen-bond acceptors (Lipinski definition) is 6. The SMILES string of the molecule is c1ccc(-c2nc(-c3ccccc3)nc(-c3ccc4sc5cc(-c6nc(-c7ccccc7)c7ccccc7n6)ccc5c4c3)n2)cc1. The lowest BCUT2D eigenvalue weighted by atomic mass is 10.0. The van der Waals surface area contributed by atoms with Crippen LogP contribution in [0.4, 0.5) is 0 Å². The molecular formula is C41H25N5S. The maximum absolute atomic E-state index is 5.09. The Labute approximate surface area is 275 Å². The minimum absolute atomic E-state index is 0.647. The molecule has 0 N–H and O–H groups in total. The van der Waals surface area contributed by atoms with Gasteiger partial charge in [0.25, 0.3) is 0 Å². The number of thiophene rings is 1. The van der Waals surface area contributed by atoms with Gasteiger partial charge in [0.1, 0.15) is 0 Å². The zero-order chi connectivity index (χ0) is 31.2. The van der Waals surface area contributed by atoms with Crippen LogP contribution in [0.5, 0.6) is 0 Å². The zero-order valence-corrected chi connectivity index (χ0v) is 25.9. The summed E-state index contributed by atoms with van der Waals surface area (Å²) < 4.78 is 2.38. The number of hydrogen-bond donors (Lipinski definition) is 0. The van der Waals surface area contributed by atoms with Gasteiger partial charge in [0, 0.05) is 53.4 Å². The molecule has 0 bridgehead atoms. The quantitative estimate of drug-likeness (QED) is 0.192. The zero-order valence-electron chi connectivity index (χ0n) is 25.1. The summed E-state index contributed by atoms with van der Waals surface area (Å²) in [5.74, 6) is 2.67. The van der Waals surface area contributed by atoms with Crippen molar-refractivity contribution in [1.82, 2.24) is 24.9 Å². The third kappa shape index (κ3) is 5.01. The highest BCUT2D eigenvalue weighted by Crippen LogP contribution is 2.39. The van der Waals surface area contributed by atoms with Crippen LogP contribution in [0.25, 0.3) is 87.9 Å². The predicted octanol–water partition coefficient (Wildman–Crippen LogP) is 10.5. The van der Waals surface area contributed by atoms with E-state index in [1.165, 1.54) is 20.2 Å². The highest BCUT2D eigenvalue weighted by molar-refractivity contribution is 7.25. The Balaban J connectivity index is 1.16. The van der Waals surface area contributed by atoms with Crippen molar-refractivity contribution in [2.45, 2.75) is 0 Å². The third-order valence-electron chi connectivity index (χ3n) is 8.34. The smallest absolute Gasteiger partial charge is 0.164 e. The molecule has 0 saturated heterocycles. The van der Waals surface area contributed by atoms with Crippen LogP contribution in [0.1, 0.15) is 0 Å². The number of para-hydroxylation sites is 1. The van der Waals surface area contributed by atoms with Gasteiger partial charge in [-0.15, -0.1) is 11.3 Å². The molecule has 0 fully saturated rings. The molecule has 0 aliphatic rings. The van der Waals surface area contributed by atoms with Crippen molar-refractivity contribution in [3.05, 3.63) is 152 Å². The summed E-state index contributed by atoms with van der Waals surface area (Å²) in [5.41, 5.74) is 6.79. The van der Waals surface area contributed by atoms with Gasteiger partial charge in [-0.05, 0) is 30.3 Å². The highest BCUT2D eigenvalue weighted by atomic mass is 32.1. The molecule has 5 nitrogen and oxygen atoms in total. The van der Waals surface area contributed by atoms with E-state index in [9.17, 15) is 0 Å². The second-order valence-corrected chi connectivity index (χ2v) is 12.4. The molecule has 0 aliphatic heterocycles. The van der Waals surface area contributed by atoms with Crippen molar-refractivity contribution in [3.8, 4) is 56.8 Å². The Hall–Kier alpha value is -6.11. The van der Waals surface area contributed by atoms with Crippen molar-refractivity contribution in [3.63, 3.8) is 0 Å². The number of aromatic nitrogens is 5. The third-order valence-corrected chi connectivity index (χ3v) is 9.47. The van der Waals surface area contributed by atoms with E-state index in [1.807, 2.05) is 91.0 Å².